The molecular formula is C11H7BrF3N3OS. The minimum absolute atomic E-state index is 0.103. The smallest absolute Gasteiger partial charge is 0.296 e. The number of carbonyl (C=O) groups is 1. The van der Waals surface area contributed by atoms with Gasteiger partial charge in [-0.3, -0.25) is 10.1 Å². The summed E-state index contributed by atoms with van der Waals surface area (Å²) >= 11 is 3.95. The number of alkyl halides is 3. The maximum atomic E-state index is 12.7. The molecule has 1 N–H and O–H groups in total. The number of hydrogen-bond acceptors (Lipinski definition) is 4. The van der Waals surface area contributed by atoms with Gasteiger partial charge in [0.05, 0.1) is 5.56 Å². The second-order valence-corrected chi connectivity index (χ2v) is 5.81. The quantitative estimate of drug-likeness (QED) is 0.878. The highest BCUT2D eigenvalue weighted by Gasteiger charge is 2.33. The predicted octanol–water partition coefficient (Wildman–Crippen LogP) is 3.88. The lowest BCUT2D eigenvalue weighted by Crippen LogP contribution is -2.14. The van der Waals surface area contributed by atoms with E-state index in [1.165, 1.54) is 12.1 Å². The lowest BCUT2D eigenvalue weighted by molar-refractivity contribution is -0.138. The summed E-state index contributed by atoms with van der Waals surface area (Å²) in [6.07, 6.45) is -4.53. The molecule has 0 aliphatic rings. The van der Waals surface area contributed by atoms with E-state index in [1.54, 1.807) is 6.92 Å². The van der Waals surface area contributed by atoms with Crippen molar-refractivity contribution >= 4 is 38.3 Å². The van der Waals surface area contributed by atoms with Crippen LogP contribution in [0.3, 0.4) is 0 Å². The molecule has 4 nitrogen and oxygen atoms in total. The summed E-state index contributed by atoms with van der Waals surface area (Å²) in [7, 11) is 0. The maximum Gasteiger partial charge on any atom is 0.417 e. The van der Waals surface area contributed by atoms with Crippen LogP contribution >= 0.6 is 27.3 Å². The molecular weight excluding hydrogens is 359 g/mol. The van der Waals surface area contributed by atoms with Crippen LogP contribution in [0.5, 0.6) is 0 Å². The maximum absolute atomic E-state index is 12.7. The Labute approximate surface area is 124 Å². The van der Waals surface area contributed by atoms with Gasteiger partial charge in [0.15, 0.2) is 0 Å². The monoisotopic (exact) mass is 365 g/mol. The number of amides is 1. The first-order chi connectivity index (χ1) is 9.27. The van der Waals surface area contributed by atoms with Crippen molar-refractivity contribution in [3.8, 4) is 0 Å². The Hall–Kier alpha value is -1.48. The third-order valence-electron chi connectivity index (χ3n) is 2.28. The second kappa shape index (κ2) is 5.49. The standard InChI is InChI=1S/C11H7BrF3N3OS/c1-5-17-18-10(20-5)16-9(19)6-2-3-8(12)7(4-6)11(13,14)15/h2-4H,1H3,(H,16,18,19). The molecule has 0 saturated heterocycles. The SMILES string of the molecule is Cc1nnc(NC(=O)c2ccc(Br)c(C(F)(F)F)c2)s1. The normalized spacial score (nSPS) is 11.4. The Kier molecular flexibility index (Phi) is 4.09. The highest BCUT2D eigenvalue weighted by atomic mass is 79.9. The Morgan fingerprint density at radius 3 is 2.60 bits per heavy atom. The van der Waals surface area contributed by atoms with Crippen LogP contribution in [-0.4, -0.2) is 16.1 Å². The number of benzene rings is 1. The minimum atomic E-state index is -4.53. The fourth-order valence-corrected chi connectivity index (χ4v) is 2.46. The fraction of sp³-hybridized carbons (Fsp3) is 0.182. The van der Waals surface area contributed by atoms with Gasteiger partial charge in [0.1, 0.15) is 5.01 Å². The molecule has 0 atom stereocenters. The third kappa shape index (κ3) is 3.34. The molecule has 1 amide bonds. The van der Waals surface area contributed by atoms with Crippen molar-refractivity contribution in [3.63, 3.8) is 0 Å². The molecule has 2 aromatic rings. The van der Waals surface area contributed by atoms with Crippen molar-refractivity contribution in [1.29, 1.82) is 0 Å². The first-order valence-corrected chi connectivity index (χ1v) is 6.86. The number of halogens is 4. The van der Waals surface area contributed by atoms with E-state index in [9.17, 15) is 18.0 Å². The number of nitrogens with zero attached hydrogens (tertiary/aromatic N) is 2. The Morgan fingerprint density at radius 1 is 1.35 bits per heavy atom. The average Bonchev–Trinajstić information content (AvgIpc) is 2.73. The highest BCUT2D eigenvalue weighted by Crippen LogP contribution is 2.35. The van der Waals surface area contributed by atoms with Crippen molar-refractivity contribution < 1.29 is 18.0 Å². The molecule has 0 fully saturated rings. The largest absolute Gasteiger partial charge is 0.417 e. The van der Waals surface area contributed by atoms with Gasteiger partial charge in [-0.1, -0.05) is 27.3 Å². The topological polar surface area (TPSA) is 54.9 Å². The van der Waals surface area contributed by atoms with E-state index in [-0.39, 0.29) is 15.2 Å². The van der Waals surface area contributed by atoms with Crippen molar-refractivity contribution in [1.82, 2.24) is 10.2 Å². The summed E-state index contributed by atoms with van der Waals surface area (Å²) in [5.74, 6) is -0.667. The van der Waals surface area contributed by atoms with E-state index in [0.717, 1.165) is 17.4 Å². The van der Waals surface area contributed by atoms with E-state index < -0.39 is 17.6 Å². The van der Waals surface area contributed by atoms with Crippen LogP contribution in [0.1, 0.15) is 20.9 Å². The van der Waals surface area contributed by atoms with Gasteiger partial charge in [-0.05, 0) is 25.1 Å². The average molecular weight is 366 g/mol. The number of nitrogens with one attached hydrogen (secondary N) is 1. The number of carbonyl (C=O) groups excluding carboxylic acids is 1. The zero-order valence-corrected chi connectivity index (χ0v) is 12.4. The molecule has 1 aromatic heterocycles. The molecule has 0 spiro atoms. The van der Waals surface area contributed by atoms with Crippen molar-refractivity contribution in [3.05, 3.63) is 38.8 Å². The van der Waals surface area contributed by atoms with E-state index in [0.29, 0.717) is 5.01 Å². The van der Waals surface area contributed by atoms with Crippen LogP contribution < -0.4 is 5.32 Å². The number of aromatic nitrogens is 2. The summed E-state index contributed by atoms with van der Waals surface area (Å²) in [5, 5.41) is 10.7. The van der Waals surface area contributed by atoms with Crippen molar-refractivity contribution in [2.24, 2.45) is 0 Å². The summed E-state index contributed by atoms with van der Waals surface area (Å²) in [4.78, 5) is 11.9. The molecule has 106 valence electrons. The van der Waals surface area contributed by atoms with E-state index in [2.05, 4.69) is 31.4 Å². The van der Waals surface area contributed by atoms with Gasteiger partial charge < -0.3 is 0 Å². The highest BCUT2D eigenvalue weighted by molar-refractivity contribution is 9.10. The number of hydrogen-bond donors (Lipinski definition) is 1. The summed E-state index contributed by atoms with van der Waals surface area (Å²) in [6.45, 7) is 1.70. The number of anilines is 1. The van der Waals surface area contributed by atoms with Crippen LogP contribution in [0.15, 0.2) is 22.7 Å². The molecule has 2 rings (SSSR count). The van der Waals surface area contributed by atoms with Crippen LogP contribution in [0, 0.1) is 6.92 Å². The summed E-state index contributed by atoms with van der Waals surface area (Å²) in [5.41, 5.74) is -1.01. The lowest BCUT2D eigenvalue weighted by Gasteiger charge is -2.10. The molecule has 0 saturated carbocycles. The van der Waals surface area contributed by atoms with Crippen LogP contribution in [0.2, 0.25) is 0 Å². The van der Waals surface area contributed by atoms with Gasteiger partial charge in [0, 0.05) is 10.0 Å². The van der Waals surface area contributed by atoms with Crippen LogP contribution in [-0.2, 0) is 6.18 Å². The van der Waals surface area contributed by atoms with Crippen molar-refractivity contribution in [2.45, 2.75) is 13.1 Å². The molecule has 1 heterocycles. The van der Waals surface area contributed by atoms with Crippen molar-refractivity contribution in [2.75, 3.05) is 5.32 Å². The van der Waals surface area contributed by atoms with Gasteiger partial charge in [0.2, 0.25) is 5.13 Å². The molecule has 0 aliphatic heterocycles. The molecule has 1 aromatic carbocycles. The van der Waals surface area contributed by atoms with E-state index in [1.807, 2.05) is 0 Å². The lowest BCUT2D eigenvalue weighted by atomic mass is 10.1. The van der Waals surface area contributed by atoms with Crippen LogP contribution in [0.25, 0.3) is 0 Å². The first kappa shape index (κ1) is 14.9. The molecule has 0 unspecified atom stereocenters. The minimum Gasteiger partial charge on any atom is -0.296 e. The Morgan fingerprint density at radius 2 is 2.05 bits per heavy atom. The Balaban J connectivity index is 2.27. The third-order valence-corrected chi connectivity index (χ3v) is 3.73. The zero-order valence-electron chi connectivity index (χ0n) is 9.95. The van der Waals surface area contributed by atoms with Gasteiger partial charge in [-0.25, -0.2) is 0 Å². The van der Waals surface area contributed by atoms with E-state index in [4.69, 9.17) is 0 Å². The summed E-state index contributed by atoms with van der Waals surface area (Å²) < 4.78 is 38.1. The first-order valence-electron chi connectivity index (χ1n) is 5.25. The second-order valence-electron chi connectivity index (χ2n) is 3.77. The molecule has 20 heavy (non-hydrogen) atoms. The molecule has 0 radical (unpaired) electrons. The Bertz CT molecular complexity index is 657. The molecule has 0 bridgehead atoms. The van der Waals surface area contributed by atoms with Gasteiger partial charge >= 0.3 is 6.18 Å². The van der Waals surface area contributed by atoms with Gasteiger partial charge in [0.25, 0.3) is 5.91 Å². The summed E-state index contributed by atoms with van der Waals surface area (Å²) in [6, 6.07) is 3.26. The fourth-order valence-electron chi connectivity index (χ4n) is 1.40. The molecule has 9 heteroatoms. The molecule has 0 aliphatic carbocycles. The van der Waals surface area contributed by atoms with Crippen LogP contribution in [0.4, 0.5) is 18.3 Å². The predicted molar refractivity (Wildman–Crippen MR) is 71.7 cm³/mol. The van der Waals surface area contributed by atoms with Gasteiger partial charge in [-0.2, -0.15) is 13.2 Å². The van der Waals surface area contributed by atoms with E-state index >= 15 is 0 Å². The number of rotatable bonds is 2. The zero-order chi connectivity index (χ0) is 14.9. The van der Waals surface area contributed by atoms with Gasteiger partial charge in [-0.15, -0.1) is 10.2 Å². The number of aryl methyl sites for hydroxylation is 1.